The van der Waals surface area contributed by atoms with E-state index in [4.69, 9.17) is 0 Å². The zero-order valence-corrected chi connectivity index (χ0v) is 18.7. The summed E-state index contributed by atoms with van der Waals surface area (Å²) in [4.78, 5) is 21.9. The molecule has 0 unspecified atom stereocenters. The van der Waals surface area contributed by atoms with Crippen molar-refractivity contribution in [3.8, 4) is 6.07 Å². The largest absolute Gasteiger partial charge is 0.371 e. The minimum absolute atomic E-state index is 0.0827. The molecule has 164 valence electrons. The minimum Gasteiger partial charge on any atom is -0.371 e. The van der Waals surface area contributed by atoms with Crippen molar-refractivity contribution in [1.29, 1.82) is 5.26 Å². The first-order chi connectivity index (χ1) is 15.0. The second-order valence-corrected chi connectivity index (χ2v) is 9.70. The third kappa shape index (κ3) is 4.99. The standard InChI is InChI=1S/C25H33N5O/c1-25(2)9-15-29(16-10-25)17-12-28-24(31)19-7-13-30(14-8-19)22-6-5-20(18-26)23-21(22)4-3-11-27-23/h3-6,11,19H,7-10,12-17H2,1-2H3,(H,28,31). The monoisotopic (exact) mass is 419 g/mol. The normalized spacial score (nSPS) is 19.8. The van der Waals surface area contributed by atoms with Crippen LogP contribution in [0, 0.1) is 22.7 Å². The Balaban J connectivity index is 1.28. The Morgan fingerprint density at radius 1 is 1.19 bits per heavy atom. The summed E-state index contributed by atoms with van der Waals surface area (Å²) < 4.78 is 0. The molecular formula is C25H33N5O. The number of hydrogen-bond acceptors (Lipinski definition) is 5. The molecule has 3 heterocycles. The molecular weight excluding hydrogens is 386 g/mol. The number of piperidine rings is 2. The van der Waals surface area contributed by atoms with Crippen molar-refractivity contribution in [2.75, 3.05) is 44.2 Å². The van der Waals surface area contributed by atoms with Gasteiger partial charge in [0, 0.05) is 49.4 Å². The van der Waals surface area contributed by atoms with Crippen LogP contribution < -0.4 is 10.2 Å². The Hall–Kier alpha value is -2.65. The van der Waals surface area contributed by atoms with Gasteiger partial charge in [-0.3, -0.25) is 9.78 Å². The molecule has 0 aliphatic carbocycles. The molecule has 0 saturated carbocycles. The van der Waals surface area contributed by atoms with Gasteiger partial charge < -0.3 is 15.1 Å². The Morgan fingerprint density at radius 2 is 1.94 bits per heavy atom. The molecule has 31 heavy (non-hydrogen) atoms. The van der Waals surface area contributed by atoms with Gasteiger partial charge in [0.2, 0.25) is 5.91 Å². The van der Waals surface area contributed by atoms with Crippen LogP contribution in [0.2, 0.25) is 0 Å². The minimum atomic E-state index is 0.0827. The summed E-state index contributed by atoms with van der Waals surface area (Å²) in [7, 11) is 0. The smallest absolute Gasteiger partial charge is 0.223 e. The van der Waals surface area contributed by atoms with E-state index in [0.29, 0.717) is 11.0 Å². The number of aromatic nitrogens is 1. The summed E-state index contributed by atoms with van der Waals surface area (Å²) in [6.07, 6.45) is 5.91. The maximum atomic E-state index is 12.7. The molecule has 6 nitrogen and oxygen atoms in total. The number of hydrogen-bond donors (Lipinski definition) is 1. The third-order valence-electron chi connectivity index (χ3n) is 7.01. The van der Waals surface area contributed by atoms with Crippen molar-refractivity contribution >= 4 is 22.5 Å². The average molecular weight is 420 g/mol. The van der Waals surface area contributed by atoms with Gasteiger partial charge in [-0.15, -0.1) is 0 Å². The highest BCUT2D eigenvalue weighted by Gasteiger charge is 2.27. The lowest BCUT2D eigenvalue weighted by Crippen LogP contribution is -2.44. The van der Waals surface area contributed by atoms with Crippen LogP contribution in [0.15, 0.2) is 30.5 Å². The zero-order valence-electron chi connectivity index (χ0n) is 18.7. The number of nitrogens with one attached hydrogen (secondary N) is 1. The number of nitrogens with zero attached hydrogens (tertiary/aromatic N) is 4. The first kappa shape index (κ1) is 21.6. The first-order valence-corrected chi connectivity index (χ1v) is 11.5. The van der Waals surface area contributed by atoms with Crippen molar-refractivity contribution < 1.29 is 4.79 Å². The van der Waals surface area contributed by atoms with Gasteiger partial charge in [0.25, 0.3) is 0 Å². The maximum absolute atomic E-state index is 12.7. The predicted molar refractivity (Wildman–Crippen MR) is 124 cm³/mol. The number of nitriles is 1. The second kappa shape index (κ2) is 9.23. The lowest BCUT2D eigenvalue weighted by Gasteiger charge is -2.37. The number of carbonyl (C=O) groups excluding carboxylic acids is 1. The maximum Gasteiger partial charge on any atom is 0.223 e. The highest BCUT2D eigenvalue weighted by atomic mass is 16.1. The SMILES string of the molecule is CC1(C)CCN(CCNC(=O)C2CCN(c3ccc(C#N)c4ncccc34)CC2)CC1. The molecule has 1 N–H and O–H groups in total. The number of carbonyl (C=O) groups is 1. The van der Waals surface area contributed by atoms with E-state index in [-0.39, 0.29) is 11.8 Å². The number of amides is 1. The number of likely N-dealkylation sites (tertiary alicyclic amines) is 1. The van der Waals surface area contributed by atoms with Crippen molar-refractivity contribution in [3.05, 3.63) is 36.0 Å². The number of anilines is 1. The highest BCUT2D eigenvalue weighted by Crippen LogP contribution is 2.31. The van der Waals surface area contributed by atoms with Crippen molar-refractivity contribution in [2.45, 2.75) is 39.5 Å². The topological polar surface area (TPSA) is 72.3 Å². The molecule has 0 atom stereocenters. The molecule has 4 rings (SSSR count). The van der Waals surface area contributed by atoms with E-state index in [1.165, 1.54) is 12.8 Å². The highest BCUT2D eigenvalue weighted by molar-refractivity contribution is 5.95. The van der Waals surface area contributed by atoms with E-state index >= 15 is 0 Å². The van der Waals surface area contributed by atoms with Crippen LogP contribution in [0.3, 0.4) is 0 Å². The summed E-state index contributed by atoms with van der Waals surface area (Å²) in [5.41, 5.74) is 2.92. The summed E-state index contributed by atoms with van der Waals surface area (Å²) in [5.74, 6) is 0.280. The van der Waals surface area contributed by atoms with Crippen LogP contribution in [0.1, 0.15) is 45.1 Å². The quantitative estimate of drug-likeness (QED) is 0.802. The predicted octanol–water partition coefficient (Wildman–Crippen LogP) is 3.56. The van der Waals surface area contributed by atoms with Crippen LogP contribution in [0.5, 0.6) is 0 Å². The molecule has 0 spiro atoms. The fourth-order valence-corrected chi connectivity index (χ4v) is 4.77. The fraction of sp³-hybridized carbons (Fsp3) is 0.560. The molecule has 0 bridgehead atoms. The fourth-order valence-electron chi connectivity index (χ4n) is 4.77. The number of fused-ring (bicyclic) bond motifs is 1. The summed E-state index contributed by atoms with van der Waals surface area (Å²) in [6, 6.07) is 10.0. The van der Waals surface area contributed by atoms with Crippen molar-refractivity contribution in [1.82, 2.24) is 15.2 Å². The molecule has 2 aliphatic rings. The van der Waals surface area contributed by atoms with Gasteiger partial charge in [0.15, 0.2) is 0 Å². The molecule has 1 aromatic carbocycles. The van der Waals surface area contributed by atoms with Gasteiger partial charge >= 0.3 is 0 Å². The number of pyridine rings is 1. The Labute approximate surface area is 185 Å². The Kier molecular flexibility index (Phi) is 6.43. The van der Waals surface area contributed by atoms with E-state index in [2.05, 4.69) is 40.0 Å². The molecule has 2 fully saturated rings. The van der Waals surface area contributed by atoms with Gasteiger partial charge in [-0.05, 0) is 68.5 Å². The molecule has 2 aliphatic heterocycles. The van der Waals surface area contributed by atoms with E-state index in [1.807, 2.05) is 24.3 Å². The molecule has 6 heteroatoms. The van der Waals surface area contributed by atoms with Crippen molar-refractivity contribution in [3.63, 3.8) is 0 Å². The number of benzene rings is 1. The van der Waals surface area contributed by atoms with E-state index in [9.17, 15) is 10.1 Å². The van der Waals surface area contributed by atoms with E-state index < -0.39 is 0 Å². The van der Waals surface area contributed by atoms with Crippen molar-refractivity contribution in [2.24, 2.45) is 11.3 Å². The third-order valence-corrected chi connectivity index (χ3v) is 7.01. The van der Waals surface area contributed by atoms with E-state index in [1.54, 1.807) is 6.20 Å². The molecule has 0 radical (unpaired) electrons. The molecule has 2 saturated heterocycles. The molecule has 1 aromatic heterocycles. The lowest BCUT2D eigenvalue weighted by atomic mass is 9.83. The van der Waals surface area contributed by atoms with Crippen LogP contribution in [0.25, 0.3) is 10.9 Å². The van der Waals surface area contributed by atoms with Gasteiger partial charge in [-0.25, -0.2) is 0 Å². The number of rotatable bonds is 5. The van der Waals surface area contributed by atoms with Gasteiger partial charge in [0.05, 0.1) is 11.1 Å². The zero-order chi connectivity index (χ0) is 21.8. The molecule has 1 amide bonds. The van der Waals surface area contributed by atoms with E-state index in [0.717, 1.165) is 68.7 Å². The average Bonchev–Trinajstić information content (AvgIpc) is 2.79. The summed E-state index contributed by atoms with van der Waals surface area (Å²) in [6.45, 7) is 10.3. The summed E-state index contributed by atoms with van der Waals surface area (Å²) >= 11 is 0. The lowest BCUT2D eigenvalue weighted by molar-refractivity contribution is -0.125. The van der Waals surface area contributed by atoms with Gasteiger partial charge in [-0.1, -0.05) is 13.8 Å². The van der Waals surface area contributed by atoms with Gasteiger partial charge in [0.1, 0.15) is 6.07 Å². The van der Waals surface area contributed by atoms with Crippen LogP contribution >= 0.6 is 0 Å². The second-order valence-electron chi connectivity index (χ2n) is 9.70. The van der Waals surface area contributed by atoms with Gasteiger partial charge in [-0.2, -0.15) is 5.26 Å². The Bertz CT molecular complexity index is 962. The molecule has 2 aromatic rings. The van der Waals surface area contributed by atoms with Crippen LogP contribution in [0.4, 0.5) is 5.69 Å². The van der Waals surface area contributed by atoms with Crippen LogP contribution in [-0.4, -0.2) is 55.1 Å². The van der Waals surface area contributed by atoms with Crippen LogP contribution in [-0.2, 0) is 4.79 Å². The summed E-state index contributed by atoms with van der Waals surface area (Å²) in [5, 5.41) is 13.5. The Morgan fingerprint density at radius 3 is 2.65 bits per heavy atom. The first-order valence-electron chi connectivity index (χ1n) is 11.5.